The smallest absolute Gasteiger partial charge is 0.410 e. The van der Waals surface area contributed by atoms with Crippen LogP contribution in [-0.4, -0.2) is 45.9 Å². The summed E-state index contributed by atoms with van der Waals surface area (Å²) in [6.07, 6.45) is 0.746. The SMILES string of the molecule is CC(C)(C)OC(=O)N1CCn2c(C3CCOC3)nc(Br)c2C1. The van der Waals surface area contributed by atoms with Crippen molar-refractivity contribution < 1.29 is 14.3 Å². The molecule has 2 aliphatic heterocycles. The van der Waals surface area contributed by atoms with Gasteiger partial charge in [0.05, 0.1) is 18.8 Å². The van der Waals surface area contributed by atoms with Crippen LogP contribution in [0.25, 0.3) is 0 Å². The second-order valence-corrected chi connectivity index (χ2v) is 7.57. The molecule has 1 fully saturated rings. The van der Waals surface area contributed by atoms with Gasteiger partial charge in [0.15, 0.2) is 0 Å². The molecule has 1 amide bonds. The molecule has 3 heterocycles. The number of carbonyl (C=O) groups excluding carboxylic acids is 1. The minimum absolute atomic E-state index is 0.266. The van der Waals surface area contributed by atoms with Crippen molar-refractivity contribution in [3.8, 4) is 0 Å². The van der Waals surface area contributed by atoms with E-state index in [4.69, 9.17) is 9.47 Å². The van der Waals surface area contributed by atoms with E-state index in [-0.39, 0.29) is 6.09 Å². The lowest BCUT2D eigenvalue weighted by Gasteiger charge is -2.31. The summed E-state index contributed by atoms with van der Waals surface area (Å²) in [5.41, 5.74) is 0.567. The molecule has 6 nitrogen and oxygen atoms in total. The van der Waals surface area contributed by atoms with E-state index in [1.54, 1.807) is 4.90 Å². The van der Waals surface area contributed by atoms with Gasteiger partial charge in [-0.05, 0) is 43.1 Å². The number of halogens is 1. The number of rotatable bonds is 1. The van der Waals surface area contributed by atoms with Crippen LogP contribution in [0.15, 0.2) is 4.60 Å². The largest absolute Gasteiger partial charge is 0.444 e. The number of aromatic nitrogens is 2. The molecule has 0 spiro atoms. The fourth-order valence-corrected chi connectivity index (χ4v) is 3.41. The fraction of sp³-hybridized carbons (Fsp3) is 0.733. The first-order valence-electron chi connectivity index (χ1n) is 7.65. The lowest BCUT2D eigenvalue weighted by atomic mass is 10.1. The molecule has 1 unspecified atom stereocenters. The Morgan fingerprint density at radius 1 is 1.41 bits per heavy atom. The highest BCUT2D eigenvalue weighted by Crippen LogP contribution is 2.31. The second kappa shape index (κ2) is 5.85. The molecule has 0 saturated carbocycles. The maximum Gasteiger partial charge on any atom is 0.410 e. The van der Waals surface area contributed by atoms with Crippen molar-refractivity contribution in [3.63, 3.8) is 0 Å². The highest BCUT2D eigenvalue weighted by molar-refractivity contribution is 9.10. The molecule has 122 valence electrons. The summed E-state index contributed by atoms with van der Waals surface area (Å²) in [6.45, 7) is 9.10. The third-order valence-corrected chi connectivity index (χ3v) is 4.57. The van der Waals surface area contributed by atoms with Crippen molar-refractivity contribution in [3.05, 3.63) is 16.1 Å². The summed E-state index contributed by atoms with van der Waals surface area (Å²) < 4.78 is 14.0. The molecule has 1 aromatic rings. The standard InChI is InChI=1S/C15H22BrN3O3/c1-15(2,3)22-14(20)18-5-6-19-11(8-18)12(16)17-13(19)10-4-7-21-9-10/h10H,4-9H2,1-3H3. The Hall–Kier alpha value is -1.08. The van der Waals surface area contributed by atoms with Crippen molar-refractivity contribution in [1.29, 1.82) is 0 Å². The van der Waals surface area contributed by atoms with E-state index in [1.165, 1.54) is 0 Å². The van der Waals surface area contributed by atoms with Crippen molar-refractivity contribution >= 4 is 22.0 Å². The molecule has 7 heteroatoms. The fourth-order valence-electron chi connectivity index (χ4n) is 2.89. The minimum Gasteiger partial charge on any atom is -0.444 e. The molecule has 3 rings (SSSR count). The van der Waals surface area contributed by atoms with Gasteiger partial charge in [-0.15, -0.1) is 0 Å². The molecule has 0 bridgehead atoms. The second-order valence-electron chi connectivity index (χ2n) is 6.82. The van der Waals surface area contributed by atoms with E-state index in [0.717, 1.165) is 42.3 Å². The Kier molecular flexibility index (Phi) is 4.20. The Morgan fingerprint density at radius 3 is 2.82 bits per heavy atom. The molecule has 0 N–H and O–H groups in total. The van der Waals surface area contributed by atoms with Gasteiger partial charge in [0.1, 0.15) is 16.0 Å². The zero-order chi connectivity index (χ0) is 15.9. The Morgan fingerprint density at radius 2 is 2.18 bits per heavy atom. The van der Waals surface area contributed by atoms with Gasteiger partial charge in [0.2, 0.25) is 0 Å². The number of amides is 1. The van der Waals surface area contributed by atoms with Crippen LogP contribution in [0.2, 0.25) is 0 Å². The predicted octanol–water partition coefficient (Wildman–Crippen LogP) is 2.90. The summed E-state index contributed by atoms with van der Waals surface area (Å²) in [6, 6.07) is 0. The molecule has 0 aliphatic carbocycles. The van der Waals surface area contributed by atoms with Gasteiger partial charge in [-0.25, -0.2) is 9.78 Å². The first kappa shape index (κ1) is 15.8. The van der Waals surface area contributed by atoms with Gasteiger partial charge in [0.25, 0.3) is 0 Å². The number of carbonyl (C=O) groups is 1. The molecule has 1 atom stereocenters. The number of hydrogen-bond acceptors (Lipinski definition) is 4. The monoisotopic (exact) mass is 371 g/mol. The quantitative estimate of drug-likeness (QED) is 0.761. The summed E-state index contributed by atoms with van der Waals surface area (Å²) >= 11 is 3.54. The van der Waals surface area contributed by atoms with Crippen LogP contribution in [0.3, 0.4) is 0 Å². The Bertz CT molecular complexity index is 573. The number of nitrogens with zero attached hydrogens (tertiary/aromatic N) is 3. The first-order valence-corrected chi connectivity index (χ1v) is 8.45. The Labute approximate surface area is 138 Å². The van der Waals surface area contributed by atoms with E-state index in [9.17, 15) is 4.79 Å². The minimum atomic E-state index is -0.474. The number of fused-ring (bicyclic) bond motifs is 1. The van der Waals surface area contributed by atoms with Crippen LogP contribution in [0, 0.1) is 0 Å². The van der Waals surface area contributed by atoms with E-state index in [0.29, 0.717) is 19.0 Å². The van der Waals surface area contributed by atoms with Crippen LogP contribution >= 0.6 is 15.9 Å². The van der Waals surface area contributed by atoms with Crippen molar-refractivity contribution in [2.24, 2.45) is 0 Å². The topological polar surface area (TPSA) is 56.6 Å². The average molecular weight is 372 g/mol. The van der Waals surface area contributed by atoms with Gasteiger partial charge >= 0.3 is 6.09 Å². The maximum absolute atomic E-state index is 12.2. The van der Waals surface area contributed by atoms with Crippen molar-refractivity contribution in [2.75, 3.05) is 19.8 Å². The highest BCUT2D eigenvalue weighted by Gasteiger charge is 2.32. The zero-order valence-corrected chi connectivity index (χ0v) is 14.9. The van der Waals surface area contributed by atoms with E-state index in [1.807, 2.05) is 20.8 Å². The molecular weight excluding hydrogens is 350 g/mol. The predicted molar refractivity (Wildman–Crippen MR) is 84.7 cm³/mol. The molecule has 0 radical (unpaired) electrons. The van der Waals surface area contributed by atoms with Gasteiger partial charge < -0.3 is 18.9 Å². The maximum atomic E-state index is 12.2. The summed E-state index contributed by atoms with van der Waals surface area (Å²) in [4.78, 5) is 18.6. The van der Waals surface area contributed by atoms with E-state index >= 15 is 0 Å². The van der Waals surface area contributed by atoms with Crippen LogP contribution in [0.1, 0.15) is 44.6 Å². The zero-order valence-electron chi connectivity index (χ0n) is 13.3. The van der Waals surface area contributed by atoms with Gasteiger partial charge in [-0.2, -0.15) is 0 Å². The third-order valence-electron chi connectivity index (χ3n) is 3.93. The van der Waals surface area contributed by atoms with Crippen LogP contribution in [0.4, 0.5) is 4.79 Å². The molecule has 0 aromatic carbocycles. The first-order chi connectivity index (χ1) is 10.3. The van der Waals surface area contributed by atoms with Crippen LogP contribution < -0.4 is 0 Å². The molecule has 1 aromatic heterocycles. The number of ether oxygens (including phenoxy) is 2. The van der Waals surface area contributed by atoms with E-state index < -0.39 is 5.60 Å². The lowest BCUT2D eigenvalue weighted by molar-refractivity contribution is 0.0197. The van der Waals surface area contributed by atoms with Crippen LogP contribution in [-0.2, 0) is 22.6 Å². The van der Waals surface area contributed by atoms with Crippen molar-refractivity contribution in [1.82, 2.24) is 14.5 Å². The number of imidazole rings is 1. The van der Waals surface area contributed by atoms with Gasteiger partial charge in [0, 0.05) is 25.6 Å². The third kappa shape index (κ3) is 3.15. The van der Waals surface area contributed by atoms with Gasteiger partial charge in [-0.3, -0.25) is 0 Å². The lowest BCUT2D eigenvalue weighted by Crippen LogP contribution is -2.41. The number of hydrogen-bond donors (Lipinski definition) is 0. The average Bonchev–Trinajstić information content (AvgIpc) is 3.05. The molecular formula is C15H22BrN3O3. The van der Waals surface area contributed by atoms with Crippen LogP contribution in [0.5, 0.6) is 0 Å². The van der Waals surface area contributed by atoms with Crippen molar-refractivity contribution in [2.45, 2.75) is 51.8 Å². The summed E-state index contributed by atoms with van der Waals surface area (Å²) in [7, 11) is 0. The van der Waals surface area contributed by atoms with Gasteiger partial charge in [-0.1, -0.05) is 0 Å². The molecule has 2 aliphatic rings. The molecule has 1 saturated heterocycles. The Balaban J connectivity index is 1.77. The normalized spacial score (nSPS) is 21.8. The summed E-state index contributed by atoms with van der Waals surface area (Å²) in [5.74, 6) is 1.43. The molecule has 22 heavy (non-hydrogen) atoms. The highest BCUT2D eigenvalue weighted by atomic mass is 79.9. The van der Waals surface area contributed by atoms with E-state index in [2.05, 4.69) is 25.5 Å². The summed E-state index contributed by atoms with van der Waals surface area (Å²) in [5, 5.41) is 0.